The van der Waals surface area contributed by atoms with Crippen LogP contribution in [-0.2, 0) is 13.2 Å². The first-order valence-corrected chi connectivity index (χ1v) is 11.4. The van der Waals surface area contributed by atoms with Crippen molar-refractivity contribution in [2.45, 2.75) is 13.2 Å². The molecule has 0 unspecified atom stereocenters. The third-order valence-corrected chi connectivity index (χ3v) is 5.81. The molecule has 0 aliphatic carbocycles. The largest absolute Gasteiger partial charge is 0.489 e. The number of carbonyl (C=O) groups is 1. The van der Waals surface area contributed by atoms with Crippen LogP contribution in [0.4, 0.5) is 5.69 Å². The maximum Gasteiger partial charge on any atom is 0.187 e. The van der Waals surface area contributed by atoms with E-state index in [1.54, 1.807) is 6.08 Å². The molecule has 4 aromatic rings. The Hall–Kier alpha value is -4.37. The zero-order valence-electron chi connectivity index (χ0n) is 18.8. The molecule has 5 rings (SSSR count). The number of hydrogen-bond donors (Lipinski definition) is 0. The van der Waals surface area contributed by atoms with E-state index in [1.165, 1.54) is 0 Å². The Kier molecular flexibility index (Phi) is 6.35. The van der Waals surface area contributed by atoms with Crippen LogP contribution < -0.4 is 9.64 Å². The van der Waals surface area contributed by atoms with Crippen molar-refractivity contribution in [2.24, 2.45) is 0 Å². The van der Waals surface area contributed by atoms with Gasteiger partial charge in [-0.2, -0.15) is 0 Å². The Labute approximate surface area is 200 Å². The van der Waals surface area contributed by atoms with Gasteiger partial charge in [-0.3, -0.25) is 4.79 Å². The second-order valence-electron chi connectivity index (χ2n) is 8.20. The number of ketones is 1. The third-order valence-electron chi connectivity index (χ3n) is 5.81. The van der Waals surface area contributed by atoms with Gasteiger partial charge in [0.1, 0.15) is 12.4 Å². The molecule has 1 aliphatic rings. The summed E-state index contributed by atoms with van der Waals surface area (Å²) in [5.41, 5.74) is 5.92. The topological polar surface area (TPSA) is 29.5 Å². The number of nitrogens with zero attached hydrogens (tertiary/aromatic N) is 1. The summed E-state index contributed by atoms with van der Waals surface area (Å²) in [5.74, 6) is 0.781. The van der Waals surface area contributed by atoms with Crippen LogP contribution in [0.5, 0.6) is 5.75 Å². The molecule has 34 heavy (non-hydrogen) atoms. The fraction of sp³-hybridized carbons (Fsp3) is 0.0645. The Bertz CT molecular complexity index is 1330. The van der Waals surface area contributed by atoms with Crippen LogP contribution in [0, 0.1) is 0 Å². The minimum Gasteiger partial charge on any atom is -0.489 e. The van der Waals surface area contributed by atoms with Crippen molar-refractivity contribution in [2.75, 3.05) is 4.90 Å². The third kappa shape index (κ3) is 5.00. The van der Waals surface area contributed by atoms with Gasteiger partial charge >= 0.3 is 0 Å². The van der Waals surface area contributed by atoms with Crippen LogP contribution in [0.3, 0.4) is 0 Å². The van der Waals surface area contributed by atoms with Gasteiger partial charge in [0.25, 0.3) is 0 Å². The van der Waals surface area contributed by atoms with Crippen molar-refractivity contribution < 1.29 is 9.53 Å². The molecule has 0 N–H and O–H groups in total. The summed E-state index contributed by atoms with van der Waals surface area (Å²) in [5, 5.41) is 0. The monoisotopic (exact) mass is 443 g/mol. The average molecular weight is 444 g/mol. The van der Waals surface area contributed by atoms with E-state index in [-0.39, 0.29) is 5.78 Å². The Balaban J connectivity index is 1.48. The summed E-state index contributed by atoms with van der Waals surface area (Å²) in [6, 6.07) is 35.9. The number of ether oxygens (including phenoxy) is 1. The first-order chi connectivity index (χ1) is 16.8. The molecule has 0 spiro atoms. The molecular weight excluding hydrogens is 418 g/mol. The van der Waals surface area contributed by atoms with Crippen LogP contribution >= 0.6 is 0 Å². The van der Waals surface area contributed by atoms with Crippen molar-refractivity contribution in [3.8, 4) is 5.75 Å². The predicted octanol–water partition coefficient (Wildman–Crippen LogP) is 7.07. The highest BCUT2D eigenvalue weighted by atomic mass is 16.5. The van der Waals surface area contributed by atoms with E-state index in [1.807, 2.05) is 78.9 Å². The number of hydrogen-bond acceptors (Lipinski definition) is 3. The van der Waals surface area contributed by atoms with Gasteiger partial charge in [0, 0.05) is 29.9 Å². The van der Waals surface area contributed by atoms with Crippen LogP contribution in [0.2, 0.25) is 0 Å². The maximum absolute atomic E-state index is 13.0. The van der Waals surface area contributed by atoms with Crippen molar-refractivity contribution >= 4 is 17.5 Å². The van der Waals surface area contributed by atoms with Gasteiger partial charge < -0.3 is 9.64 Å². The van der Waals surface area contributed by atoms with E-state index in [0.717, 1.165) is 33.8 Å². The molecular formula is C31H25NO2. The predicted molar refractivity (Wildman–Crippen MR) is 138 cm³/mol. The quantitative estimate of drug-likeness (QED) is 0.226. The number of benzene rings is 4. The van der Waals surface area contributed by atoms with Gasteiger partial charge in [-0.1, -0.05) is 97.1 Å². The molecule has 4 aromatic carbocycles. The molecule has 0 bridgehead atoms. The summed E-state index contributed by atoms with van der Waals surface area (Å²) < 4.78 is 6.11. The number of carbonyl (C=O) groups excluding carboxylic acids is 1. The van der Waals surface area contributed by atoms with E-state index in [4.69, 9.17) is 4.74 Å². The van der Waals surface area contributed by atoms with Crippen molar-refractivity contribution in [1.29, 1.82) is 0 Å². The first-order valence-electron chi connectivity index (χ1n) is 11.4. The zero-order chi connectivity index (χ0) is 23.2. The maximum atomic E-state index is 13.0. The van der Waals surface area contributed by atoms with Crippen molar-refractivity contribution in [1.82, 2.24) is 0 Å². The molecule has 0 atom stereocenters. The van der Waals surface area contributed by atoms with Crippen LogP contribution in [-0.4, -0.2) is 5.78 Å². The lowest BCUT2D eigenvalue weighted by Crippen LogP contribution is -2.24. The highest BCUT2D eigenvalue weighted by Gasteiger charge is 2.20. The van der Waals surface area contributed by atoms with Gasteiger partial charge in [0.05, 0.1) is 5.69 Å². The Morgan fingerprint density at radius 1 is 0.735 bits per heavy atom. The summed E-state index contributed by atoms with van der Waals surface area (Å²) in [7, 11) is 0. The van der Waals surface area contributed by atoms with Gasteiger partial charge in [0.15, 0.2) is 5.78 Å². The molecule has 166 valence electrons. The molecule has 0 radical (unpaired) electrons. The van der Waals surface area contributed by atoms with E-state index >= 15 is 0 Å². The fourth-order valence-electron chi connectivity index (χ4n) is 4.02. The van der Waals surface area contributed by atoms with E-state index < -0.39 is 0 Å². The lowest BCUT2D eigenvalue weighted by molar-refractivity contribution is 0.104. The number of allylic oxidation sites excluding steroid dienone is 2. The molecule has 3 nitrogen and oxygen atoms in total. The van der Waals surface area contributed by atoms with Crippen molar-refractivity contribution in [3.05, 3.63) is 149 Å². The molecule has 0 fully saturated rings. The van der Waals surface area contributed by atoms with E-state index in [2.05, 4.69) is 47.4 Å². The first kappa shape index (κ1) is 21.5. The van der Waals surface area contributed by atoms with Crippen LogP contribution in [0.15, 0.2) is 127 Å². The second kappa shape index (κ2) is 10.1. The summed E-state index contributed by atoms with van der Waals surface area (Å²) in [6.45, 7) is 1.15. The molecule has 0 saturated carbocycles. The van der Waals surface area contributed by atoms with E-state index in [0.29, 0.717) is 18.7 Å². The fourth-order valence-corrected chi connectivity index (χ4v) is 4.02. The summed E-state index contributed by atoms with van der Waals surface area (Å²) in [6.07, 6.45) is 5.79. The number of rotatable bonds is 7. The van der Waals surface area contributed by atoms with Crippen LogP contribution in [0.25, 0.3) is 6.08 Å². The van der Waals surface area contributed by atoms with Gasteiger partial charge in [-0.15, -0.1) is 0 Å². The lowest BCUT2D eigenvalue weighted by Gasteiger charge is -2.31. The van der Waals surface area contributed by atoms with Crippen molar-refractivity contribution in [3.63, 3.8) is 0 Å². The SMILES string of the molecule is O=C(/C=C1\C=Cc2ccc(OCc3ccccc3)cc2N1Cc1ccccc1)c1ccccc1. The Morgan fingerprint density at radius 2 is 1.38 bits per heavy atom. The molecule has 1 heterocycles. The highest BCUT2D eigenvalue weighted by Crippen LogP contribution is 2.35. The highest BCUT2D eigenvalue weighted by molar-refractivity contribution is 6.05. The molecule has 1 aliphatic heterocycles. The average Bonchev–Trinajstić information content (AvgIpc) is 2.90. The number of fused-ring (bicyclic) bond motifs is 1. The molecule has 0 amide bonds. The standard InChI is InChI=1S/C31H25NO2/c33-31(27-14-8-3-9-15-27)20-28-18-16-26-17-19-29(34-23-25-12-6-2-7-13-25)21-30(26)32(28)22-24-10-4-1-5-11-24/h1-21H,22-23H2/b28-20+. The number of anilines is 1. The smallest absolute Gasteiger partial charge is 0.187 e. The second-order valence-corrected chi connectivity index (χ2v) is 8.20. The van der Waals surface area contributed by atoms with Gasteiger partial charge in [-0.25, -0.2) is 0 Å². The van der Waals surface area contributed by atoms with Gasteiger partial charge in [-0.05, 0) is 34.9 Å². The minimum absolute atomic E-state index is 0.0155. The normalized spacial score (nSPS) is 13.5. The minimum atomic E-state index is -0.0155. The van der Waals surface area contributed by atoms with Gasteiger partial charge in [0.2, 0.25) is 0 Å². The van der Waals surface area contributed by atoms with E-state index in [9.17, 15) is 4.79 Å². The Morgan fingerprint density at radius 3 is 2.09 bits per heavy atom. The summed E-state index contributed by atoms with van der Waals surface area (Å²) >= 11 is 0. The molecule has 3 heteroatoms. The van der Waals surface area contributed by atoms with Crippen LogP contribution in [0.1, 0.15) is 27.0 Å². The zero-order valence-corrected chi connectivity index (χ0v) is 18.8. The molecule has 0 saturated heterocycles. The molecule has 0 aromatic heterocycles. The summed E-state index contributed by atoms with van der Waals surface area (Å²) in [4.78, 5) is 15.2. The lowest BCUT2D eigenvalue weighted by atomic mass is 10.0.